The Balaban J connectivity index is 1.62. The Kier molecular flexibility index (Phi) is 4.39. The van der Waals surface area contributed by atoms with Gasteiger partial charge in [0.25, 0.3) is 5.91 Å². The van der Waals surface area contributed by atoms with Crippen LogP contribution in [0.2, 0.25) is 0 Å². The molecule has 3 rings (SSSR count). The number of carbonyl (C=O) groups excluding carboxylic acids is 2. The molecule has 0 aliphatic carbocycles. The second-order valence-corrected chi connectivity index (χ2v) is 6.46. The molecular weight excluding hydrogens is 332 g/mol. The van der Waals surface area contributed by atoms with Gasteiger partial charge in [0.15, 0.2) is 17.6 Å². The predicted molar refractivity (Wildman–Crippen MR) is 87.7 cm³/mol. The zero-order valence-corrected chi connectivity index (χ0v) is 14.2. The smallest absolute Gasteiger partial charge is 0.351 e. The summed E-state index contributed by atoms with van der Waals surface area (Å²) in [5.74, 6) is 0.212. The number of aromatic nitrogens is 1. The Hall–Kier alpha value is -2.61. The van der Waals surface area contributed by atoms with Crippen LogP contribution in [-0.2, 0) is 9.53 Å². The van der Waals surface area contributed by atoms with Gasteiger partial charge in [-0.1, -0.05) is 0 Å². The number of nitrogens with one attached hydrogen (secondary N) is 1. The van der Waals surface area contributed by atoms with Gasteiger partial charge in [0, 0.05) is 11.8 Å². The molecule has 2 aromatic rings. The van der Waals surface area contributed by atoms with E-state index < -0.39 is 18.0 Å². The van der Waals surface area contributed by atoms with Gasteiger partial charge in [0.2, 0.25) is 6.79 Å². The number of rotatable bonds is 4. The molecule has 1 aliphatic heterocycles. The molecule has 0 spiro atoms. The fraction of sp³-hybridized carbons (Fsp3) is 0.312. The van der Waals surface area contributed by atoms with E-state index in [1.54, 1.807) is 25.1 Å². The summed E-state index contributed by atoms with van der Waals surface area (Å²) in [5.41, 5.74) is 1.14. The first-order valence-corrected chi connectivity index (χ1v) is 8.11. The van der Waals surface area contributed by atoms with Gasteiger partial charge >= 0.3 is 5.97 Å². The number of hydrogen-bond donors (Lipinski definition) is 1. The first kappa shape index (κ1) is 16.3. The van der Waals surface area contributed by atoms with Crippen LogP contribution in [0.5, 0.6) is 11.5 Å². The normalized spacial score (nSPS) is 13.5. The van der Waals surface area contributed by atoms with Gasteiger partial charge in [-0.05, 0) is 32.9 Å². The zero-order valence-electron chi connectivity index (χ0n) is 13.4. The number of esters is 1. The van der Waals surface area contributed by atoms with Crippen molar-refractivity contribution in [2.75, 3.05) is 12.1 Å². The summed E-state index contributed by atoms with van der Waals surface area (Å²) in [6, 6.07) is 5.06. The Labute approximate surface area is 142 Å². The molecule has 1 aliphatic rings. The maximum absolute atomic E-state index is 12.2. The van der Waals surface area contributed by atoms with Crippen LogP contribution in [0, 0.1) is 13.8 Å². The van der Waals surface area contributed by atoms with Crippen molar-refractivity contribution in [1.82, 2.24) is 4.98 Å². The van der Waals surface area contributed by atoms with Crippen LogP contribution in [0.4, 0.5) is 5.69 Å². The van der Waals surface area contributed by atoms with E-state index in [0.717, 1.165) is 5.01 Å². The third kappa shape index (κ3) is 3.33. The summed E-state index contributed by atoms with van der Waals surface area (Å²) >= 11 is 1.25. The molecule has 1 N–H and O–H groups in total. The molecule has 1 aromatic heterocycles. The van der Waals surface area contributed by atoms with Gasteiger partial charge in [-0.25, -0.2) is 9.78 Å². The number of nitrogens with zero attached hydrogens (tertiary/aromatic N) is 1. The molecule has 126 valence electrons. The molecule has 1 amide bonds. The molecule has 1 aromatic carbocycles. The number of anilines is 1. The van der Waals surface area contributed by atoms with Crippen LogP contribution in [0.3, 0.4) is 0 Å². The van der Waals surface area contributed by atoms with Crippen LogP contribution in [0.15, 0.2) is 18.2 Å². The van der Waals surface area contributed by atoms with Gasteiger partial charge in [0.1, 0.15) is 4.88 Å². The largest absolute Gasteiger partial charge is 0.454 e. The zero-order chi connectivity index (χ0) is 17.3. The fourth-order valence-electron chi connectivity index (χ4n) is 2.21. The molecule has 0 fully saturated rings. The lowest BCUT2D eigenvalue weighted by Gasteiger charge is -2.13. The van der Waals surface area contributed by atoms with Crippen molar-refractivity contribution in [3.05, 3.63) is 33.8 Å². The summed E-state index contributed by atoms with van der Waals surface area (Å²) in [5, 5.41) is 3.46. The van der Waals surface area contributed by atoms with Gasteiger partial charge in [-0.3, -0.25) is 4.79 Å². The van der Waals surface area contributed by atoms with E-state index in [0.29, 0.717) is 27.8 Å². The Bertz CT molecular complexity index is 802. The lowest BCUT2D eigenvalue weighted by atomic mass is 10.2. The highest BCUT2D eigenvalue weighted by Gasteiger charge is 2.23. The predicted octanol–water partition coefficient (Wildman–Crippen LogP) is 2.67. The fourth-order valence-corrected chi connectivity index (χ4v) is 3.01. The monoisotopic (exact) mass is 348 g/mol. The third-order valence-corrected chi connectivity index (χ3v) is 4.43. The lowest BCUT2D eigenvalue weighted by Crippen LogP contribution is -2.29. The number of hydrogen-bond acceptors (Lipinski definition) is 7. The summed E-state index contributed by atoms with van der Waals surface area (Å²) < 4.78 is 15.7. The summed E-state index contributed by atoms with van der Waals surface area (Å²) in [4.78, 5) is 28.9. The van der Waals surface area contributed by atoms with Crippen LogP contribution in [0.1, 0.15) is 27.3 Å². The van der Waals surface area contributed by atoms with Crippen molar-refractivity contribution in [2.24, 2.45) is 0 Å². The van der Waals surface area contributed by atoms with Crippen molar-refractivity contribution in [3.8, 4) is 11.5 Å². The van der Waals surface area contributed by atoms with Crippen molar-refractivity contribution in [2.45, 2.75) is 26.9 Å². The number of aryl methyl sites for hydroxylation is 2. The third-order valence-electron chi connectivity index (χ3n) is 3.38. The van der Waals surface area contributed by atoms with Crippen LogP contribution >= 0.6 is 11.3 Å². The van der Waals surface area contributed by atoms with Crippen molar-refractivity contribution < 1.29 is 23.8 Å². The number of amides is 1. The summed E-state index contributed by atoms with van der Waals surface area (Å²) in [6.45, 7) is 5.22. The summed E-state index contributed by atoms with van der Waals surface area (Å²) in [6.07, 6.45) is -0.940. The standard InChI is InChI=1S/C16H16N2O5S/c1-8-14(24-10(3)17-8)16(20)23-9(2)15(19)18-11-4-5-12-13(6-11)22-7-21-12/h4-6,9H,7H2,1-3H3,(H,18,19). The number of benzene rings is 1. The highest BCUT2D eigenvalue weighted by molar-refractivity contribution is 7.13. The van der Waals surface area contributed by atoms with Crippen molar-refractivity contribution in [1.29, 1.82) is 0 Å². The number of fused-ring (bicyclic) bond motifs is 1. The average molecular weight is 348 g/mol. The minimum atomic E-state index is -0.940. The molecule has 24 heavy (non-hydrogen) atoms. The number of carbonyl (C=O) groups is 2. The van der Waals surface area contributed by atoms with Gasteiger partial charge in [-0.2, -0.15) is 0 Å². The average Bonchev–Trinajstić information content (AvgIpc) is 3.12. The molecule has 0 saturated heterocycles. The molecule has 1 atom stereocenters. The Morgan fingerprint density at radius 3 is 2.75 bits per heavy atom. The molecule has 0 radical (unpaired) electrons. The molecule has 0 bridgehead atoms. The Morgan fingerprint density at radius 1 is 1.29 bits per heavy atom. The lowest BCUT2D eigenvalue weighted by molar-refractivity contribution is -0.123. The number of ether oxygens (including phenoxy) is 3. The van der Waals surface area contributed by atoms with Crippen LogP contribution in [-0.4, -0.2) is 29.8 Å². The molecule has 7 nitrogen and oxygen atoms in total. The van der Waals surface area contributed by atoms with Crippen molar-refractivity contribution in [3.63, 3.8) is 0 Å². The number of thiazole rings is 1. The van der Waals surface area contributed by atoms with E-state index in [1.165, 1.54) is 18.3 Å². The molecule has 1 unspecified atom stereocenters. The second-order valence-electron chi connectivity index (χ2n) is 5.25. The van der Waals surface area contributed by atoms with E-state index in [-0.39, 0.29) is 6.79 Å². The van der Waals surface area contributed by atoms with Gasteiger partial charge in [-0.15, -0.1) is 11.3 Å². The van der Waals surface area contributed by atoms with E-state index in [1.807, 2.05) is 6.92 Å². The topological polar surface area (TPSA) is 86.8 Å². The summed E-state index contributed by atoms with van der Waals surface area (Å²) in [7, 11) is 0. The first-order valence-electron chi connectivity index (χ1n) is 7.29. The van der Waals surface area contributed by atoms with Crippen LogP contribution < -0.4 is 14.8 Å². The molecule has 2 heterocycles. The highest BCUT2D eigenvalue weighted by Crippen LogP contribution is 2.34. The first-order chi connectivity index (χ1) is 11.4. The van der Waals surface area contributed by atoms with Gasteiger partial charge in [0.05, 0.1) is 10.7 Å². The minimum absolute atomic E-state index is 0.161. The van der Waals surface area contributed by atoms with Crippen molar-refractivity contribution >= 4 is 28.9 Å². The Morgan fingerprint density at radius 2 is 2.04 bits per heavy atom. The maximum atomic E-state index is 12.2. The van der Waals surface area contributed by atoms with E-state index in [9.17, 15) is 9.59 Å². The van der Waals surface area contributed by atoms with E-state index in [2.05, 4.69) is 10.3 Å². The quantitative estimate of drug-likeness (QED) is 0.855. The SMILES string of the molecule is Cc1nc(C)c(C(=O)OC(C)C(=O)Nc2ccc3c(c2)OCO3)s1. The maximum Gasteiger partial charge on any atom is 0.351 e. The van der Waals surface area contributed by atoms with E-state index in [4.69, 9.17) is 14.2 Å². The molecule has 8 heteroatoms. The van der Waals surface area contributed by atoms with E-state index >= 15 is 0 Å². The van der Waals surface area contributed by atoms with Crippen LogP contribution in [0.25, 0.3) is 0 Å². The highest BCUT2D eigenvalue weighted by atomic mass is 32.1. The second kappa shape index (κ2) is 6.48. The van der Waals surface area contributed by atoms with Gasteiger partial charge < -0.3 is 19.5 Å². The molecular formula is C16H16N2O5S. The minimum Gasteiger partial charge on any atom is -0.454 e. The molecule has 0 saturated carbocycles.